The highest BCUT2D eigenvalue weighted by Crippen LogP contribution is 2.36. The van der Waals surface area contributed by atoms with Crippen LogP contribution in [0.15, 0.2) is 52.3 Å². The zero-order valence-electron chi connectivity index (χ0n) is 12.9. The molecule has 25 heavy (non-hydrogen) atoms. The highest BCUT2D eigenvalue weighted by molar-refractivity contribution is 8.01. The molecule has 1 aliphatic heterocycles. The number of carbonyl (C=O) groups excluding carboxylic acids is 2. The molecule has 0 bridgehead atoms. The molecule has 0 aliphatic carbocycles. The molecular weight excluding hydrogens is 367 g/mol. The van der Waals surface area contributed by atoms with E-state index in [-0.39, 0.29) is 11.2 Å². The molecule has 1 heterocycles. The summed E-state index contributed by atoms with van der Waals surface area (Å²) < 4.78 is 34.4. The number of nitrogens with one attached hydrogen (secondary N) is 2. The standard InChI is InChI=1S/C16H13FN2O4S2/c1-9-15(20)19-13-8-10(2-7-14(13)24-9)16(21)18-11-3-5-12(6-4-11)25(17,22)23/h2-9H,1H3,(H,18,21)(H,19,20). The Morgan fingerprint density at radius 3 is 2.52 bits per heavy atom. The van der Waals surface area contributed by atoms with Crippen molar-refractivity contribution in [3.8, 4) is 0 Å². The molecule has 9 heteroatoms. The molecule has 0 fully saturated rings. The molecule has 6 nitrogen and oxygen atoms in total. The summed E-state index contributed by atoms with van der Waals surface area (Å²) >= 11 is 1.41. The number of halogens is 1. The van der Waals surface area contributed by atoms with Gasteiger partial charge in [-0.1, -0.05) is 0 Å². The summed E-state index contributed by atoms with van der Waals surface area (Å²) in [4.78, 5) is 24.4. The van der Waals surface area contributed by atoms with E-state index in [0.29, 0.717) is 16.9 Å². The first-order valence-corrected chi connectivity index (χ1v) is 9.48. The maximum atomic E-state index is 12.8. The predicted molar refractivity (Wildman–Crippen MR) is 93.1 cm³/mol. The van der Waals surface area contributed by atoms with Crippen molar-refractivity contribution >= 4 is 45.2 Å². The smallest absolute Gasteiger partial charge is 0.324 e. The third kappa shape index (κ3) is 3.83. The van der Waals surface area contributed by atoms with E-state index >= 15 is 0 Å². The highest BCUT2D eigenvalue weighted by atomic mass is 32.3. The van der Waals surface area contributed by atoms with Gasteiger partial charge in [0.05, 0.1) is 15.8 Å². The Morgan fingerprint density at radius 2 is 1.88 bits per heavy atom. The Hall–Kier alpha value is -2.39. The van der Waals surface area contributed by atoms with Gasteiger partial charge in [0.2, 0.25) is 5.91 Å². The fourth-order valence-corrected chi connectivity index (χ4v) is 3.65. The molecule has 1 atom stereocenters. The van der Waals surface area contributed by atoms with Gasteiger partial charge >= 0.3 is 10.2 Å². The summed E-state index contributed by atoms with van der Waals surface area (Å²) in [5, 5.41) is 5.14. The van der Waals surface area contributed by atoms with E-state index in [1.165, 1.54) is 23.9 Å². The maximum absolute atomic E-state index is 12.8. The maximum Gasteiger partial charge on any atom is 0.332 e. The molecule has 0 saturated heterocycles. The van der Waals surface area contributed by atoms with Crippen molar-refractivity contribution in [2.75, 3.05) is 10.6 Å². The van der Waals surface area contributed by atoms with Crippen LogP contribution in [0.2, 0.25) is 0 Å². The summed E-state index contributed by atoms with van der Waals surface area (Å²) in [6.07, 6.45) is 0. The monoisotopic (exact) mass is 380 g/mol. The number of carbonyl (C=O) groups is 2. The van der Waals surface area contributed by atoms with Crippen LogP contribution in [0.25, 0.3) is 0 Å². The minimum absolute atomic E-state index is 0.127. The Bertz CT molecular complexity index is 959. The molecule has 0 radical (unpaired) electrons. The fraction of sp³-hybridized carbons (Fsp3) is 0.125. The van der Waals surface area contributed by atoms with Crippen LogP contribution < -0.4 is 10.6 Å². The predicted octanol–water partition coefficient (Wildman–Crippen LogP) is 3.03. The summed E-state index contributed by atoms with van der Waals surface area (Å²) in [6, 6.07) is 9.67. The van der Waals surface area contributed by atoms with Gasteiger partial charge in [-0.3, -0.25) is 9.59 Å². The van der Waals surface area contributed by atoms with Gasteiger partial charge < -0.3 is 10.6 Å². The van der Waals surface area contributed by atoms with E-state index in [1.54, 1.807) is 25.1 Å². The fourth-order valence-electron chi connectivity index (χ4n) is 2.25. The van der Waals surface area contributed by atoms with E-state index in [4.69, 9.17) is 0 Å². The molecule has 2 amide bonds. The Labute approximate surface area is 148 Å². The number of anilines is 2. The summed E-state index contributed by atoms with van der Waals surface area (Å²) in [7, 11) is -4.78. The zero-order valence-corrected chi connectivity index (χ0v) is 14.6. The molecule has 1 aliphatic rings. The molecule has 0 spiro atoms. The number of hydrogen-bond donors (Lipinski definition) is 2. The molecule has 0 saturated carbocycles. The van der Waals surface area contributed by atoms with Crippen LogP contribution >= 0.6 is 11.8 Å². The second-order valence-electron chi connectivity index (χ2n) is 5.38. The van der Waals surface area contributed by atoms with Crippen LogP contribution in [-0.4, -0.2) is 25.5 Å². The third-order valence-corrected chi connectivity index (χ3v) is 5.58. The van der Waals surface area contributed by atoms with Crippen LogP contribution in [0.5, 0.6) is 0 Å². The van der Waals surface area contributed by atoms with Crippen molar-refractivity contribution in [2.24, 2.45) is 0 Å². The first-order valence-electron chi connectivity index (χ1n) is 7.22. The second kappa shape index (κ2) is 6.49. The molecule has 3 rings (SSSR count). The van der Waals surface area contributed by atoms with Gasteiger partial charge in [0, 0.05) is 16.1 Å². The minimum atomic E-state index is -4.78. The van der Waals surface area contributed by atoms with Crippen molar-refractivity contribution in [2.45, 2.75) is 22.0 Å². The number of thioether (sulfide) groups is 1. The van der Waals surface area contributed by atoms with E-state index in [2.05, 4.69) is 10.6 Å². The van der Waals surface area contributed by atoms with Crippen molar-refractivity contribution in [1.29, 1.82) is 0 Å². The largest absolute Gasteiger partial charge is 0.332 e. The number of fused-ring (bicyclic) bond motifs is 1. The number of amides is 2. The second-order valence-corrected chi connectivity index (χ2v) is 8.11. The lowest BCUT2D eigenvalue weighted by molar-refractivity contribution is -0.115. The SMILES string of the molecule is CC1Sc2ccc(C(=O)Nc3ccc(S(=O)(=O)F)cc3)cc2NC1=O. The zero-order chi connectivity index (χ0) is 18.2. The summed E-state index contributed by atoms with van der Waals surface area (Å²) in [6.45, 7) is 1.80. The average Bonchev–Trinajstić information content (AvgIpc) is 2.55. The number of benzene rings is 2. The van der Waals surface area contributed by atoms with E-state index < -0.39 is 21.0 Å². The molecule has 2 N–H and O–H groups in total. The van der Waals surface area contributed by atoms with E-state index in [1.807, 2.05) is 0 Å². The normalized spacial score (nSPS) is 16.7. The highest BCUT2D eigenvalue weighted by Gasteiger charge is 2.23. The van der Waals surface area contributed by atoms with Crippen molar-refractivity contribution < 1.29 is 21.9 Å². The lowest BCUT2D eigenvalue weighted by atomic mass is 10.1. The Balaban J connectivity index is 1.78. The van der Waals surface area contributed by atoms with Crippen molar-refractivity contribution in [3.63, 3.8) is 0 Å². The minimum Gasteiger partial charge on any atom is -0.324 e. The van der Waals surface area contributed by atoms with Gasteiger partial charge in [-0.15, -0.1) is 15.6 Å². The van der Waals surface area contributed by atoms with Gasteiger partial charge in [0.25, 0.3) is 5.91 Å². The first-order chi connectivity index (χ1) is 11.7. The third-order valence-electron chi connectivity index (χ3n) is 3.57. The lowest BCUT2D eigenvalue weighted by Gasteiger charge is -2.21. The van der Waals surface area contributed by atoms with E-state index in [0.717, 1.165) is 17.0 Å². The van der Waals surface area contributed by atoms with Crippen LogP contribution in [-0.2, 0) is 15.0 Å². The number of hydrogen-bond acceptors (Lipinski definition) is 5. The van der Waals surface area contributed by atoms with E-state index in [9.17, 15) is 21.9 Å². The summed E-state index contributed by atoms with van der Waals surface area (Å²) in [5.41, 5.74) is 1.22. The van der Waals surface area contributed by atoms with Crippen LogP contribution in [0.4, 0.5) is 15.3 Å². The Kier molecular flexibility index (Phi) is 4.53. The molecule has 1 unspecified atom stereocenters. The lowest BCUT2D eigenvalue weighted by Crippen LogP contribution is -2.26. The molecule has 2 aromatic rings. The molecule has 2 aromatic carbocycles. The van der Waals surface area contributed by atoms with Gasteiger partial charge in [0.1, 0.15) is 0 Å². The van der Waals surface area contributed by atoms with Crippen molar-refractivity contribution in [3.05, 3.63) is 48.0 Å². The van der Waals surface area contributed by atoms with Crippen LogP contribution in [0.1, 0.15) is 17.3 Å². The molecule has 0 aromatic heterocycles. The summed E-state index contributed by atoms with van der Waals surface area (Å²) in [5.74, 6) is -0.561. The van der Waals surface area contributed by atoms with Crippen LogP contribution in [0.3, 0.4) is 0 Å². The van der Waals surface area contributed by atoms with Crippen LogP contribution in [0, 0.1) is 0 Å². The quantitative estimate of drug-likeness (QED) is 0.799. The van der Waals surface area contributed by atoms with Gasteiger partial charge in [0.15, 0.2) is 0 Å². The van der Waals surface area contributed by atoms with Crippen molar-refractivity contribution in [1.82, 2.24) is 0 Å². The number of rotatable bonds is 3. The first kappa shape index (κ1) is 17.4. The van der Waals surface area contributed by atoms with Gasteiger partial charge in [-0.2, -0.15) is 8.42 Å². The molecular formula is C16H13FN2O4S2. The Morgan fingerprint density at radius 1 is 1.20 bits per heavy atom. The van der Waals surface area contributed by atoms with Gasteiger partial charge in [-0.25, -0.2) is 0 Å². The molecule has 130 valence electrons. The van der Waals surface area contributed by atoms with Gasteiger partial charge in [-0.05, 0) is 49.4 Å². The topological polar surface area (TPSA) is 92.3 Å². The average molecular weight is 380 g/mol.